The van der Waals surface area contributed by atoms with Crippen LogP contribution in [0.2, 0.25) is 0 Å². The fourth-order valence-corrected chi connectivity index (χ4v) is 7.09. The summed E-state index contributed by atoms with van der Waals surface area (Å²) < 4.78 is 0. The smallest absolute Gasteiger partial charge is 0.326 e. The lowest BCUT2D eigenvalue weighted by Gasteiger charge is -2.33. The fraction of sp³-hybridized carbons (Fsp3) is 0.737. The third-order valence-electron chi connectivity index (χ3n) is 10.7. The number of aliphatic carboxylic acids is 2. The van der Waals surface area contributed by atoms with Gasteiger partial charge in [0.1, 0.15) is 48.3 Å². The van der Waals surface area contributed by atoms with Crippen molar-refractivity contribution in [3.05, 3.63) is 0 Å². The molecule has 2 aliphatic heterocycles. The van der Waals surface area contributed by atoms with Crippen LogP contribution in [0.15, 0.2) is 0 Å². The normalized spacial score (nSPS) is 20.2. The molecule has 0 bridgehead atoms. The number of carbonyl (C=O) groups is 10. The van der Waals surface area contributed by atoms with E-state index >= 15 is 0 Å². The van der Waals surface area contributed by atoms with Crippen LogP contribution in [0.5, 0.6) is 0 Å². The van der Waals surface area contributed by atoms with E-state index in [1.165, 1.54) is 11.8 Å². The first-order valence-electron chi connectivity index (χ1n) is 20.4. The van der Waals surface area contributed by atoms with Crippen LogP contribution >= 0.6 is 0 Å². The van der Waals surface area contributed by atoms with Crippen molar-refractivity contribution in [2.45, 2.75) is 147 Å². The number of aliphatic hydroxyl groups is 2. The van der Waals surface area contributed by atoms with E-state index in [0.717, 1.165) is 4.90 Å². The molecule has 2 saturated heterocycles. The number of likely N-dealkylation sites (tertiary alicyclic amines) is 2. The largest absolute Gasteiger partial charge is 0.481 e. The van der Waals surface area contributed by atoms with E-state index in [9.17, 15) is 68.4 Å². The highest BCUT2D eigenvalue weighted by molar-refractivity contribution is 5.98. The van der Waals surface area contributed by atoms with Gasteiger partial charge in [-0.1, -0.05) is 34.1 Å². The summed E-state index contributed by atoms with van der Waals surface area (Å²) in [7, 11) is 0. The van der Waals surface area contributed by atoms with Crippen LogP contribution in [0.4, 0.5) is 0 Å². The molecule has 0 unspecified atom stereocenters. The van der Waals surface area contributed by atoms with Crippen molar-refractivity contribution >= 4 is 59.2 Å². The first-order valence-corrected chi connectivity index (χ1v) is 20.4. The van der Waals surface area contributed by atoms with E-state index in [1.807, 2.05) is 13.8 Å². The molecule has 0 aromatic carbocycles. The van der Waals surface area contributed by atoms with Gasteiger partial charge in [-0.25, -0.2) is 4.79 Å². The molecule has 0 aromatic rings. The quantitative estimate of drug-likeness (QED) is 0.0441. The number of nitrogens with two attached hydrogens (primary N) is 2. The van der Waals surface area contributed by atoms with Crippen LogP contribution in [-0.2, 0) is 47.9 Å². The molecule has 23 heteroatoms. The second-order valence-corrected chi connectivity index (χ2v) is 16.0. The van der Waals surface area contributed by atoms with Crippen molar-refractivity contribution < 1.29 is 68.4 Å². The lowest BCUT2D eigenvalue weighted by molar-refractivity contribution is -0.146. The van der Waals surface area contributed by atoms with Crippen LogP contribution in [0, 0.1) is 11.8 Å². The monoisotopic (exact) mass is 869 g/mol. The first kappa shape index (κ1) is 51.7. The minimum absolute atomic E-state index is 0.00471. The zero-order chi connectivity index (χ0) is 46.3. The van der Waals surface area contributed by atoms with Crippen LogP contribution in [0.25, 0.3) is 0 Å². The van der Waals surface area contributed by atoms with Crippen molar-refractivity contribution in [3.63, 3.8) is 0 Å². The van der Waals surface area contributed by atoms with Crippen molar-refractivity contribution in [1.82, 2.24) is 36.4 Å². The Morgan fingerprint density at radius 2 is 1.25 bits per heavy atom. The molecule has 10 atom stereocenters. The summed E-state index contributed by atoms with van der Waals surface area (Å²) in [5.74, 6) is -10.2. The van der Waals surface area contributed by atoms with E-state index in [0.29, 0.717) is 19.3 Å². The molecule has 0 aromatic heterocycles. The molecule has 0 aliphatic carbocycles. The van der Waals surface area contributed by atoms with Gasteiger partial charge in [0.15, 0.2) is 0 Å². The Bertz CT molecular complexity index is 1630. The zero-order valence-corrected chi connectivity index (χ0v) is 35.3. The third-order valence-corrected chi connectivity index (χ3v) is 10.7. The molecular weight excluding hydrogens is 806 g/mol. The van der Waals surface area contributed by atoms with Gasteiger partial charge in [0, 0.05) is 19.5 Å². The fourth-order valence-electron chi connectivity index (χ4n) is 7.09. The molecule has 23 nitrogen and oxygen atoms in total. The van der Waals surface area contributed by atoms with E-state index in [1.54, 1.807) is 13.8 Å². The number of carboxylic acid groups (broad SMARTS) is 2. The molecule has 8 amide bonds. The predicted octanol–water partition coefficient (Wildman–Crippen LogP) is -3.99. The Balaban J connectivity index is 2.29. The highest BCUT2D eigenvalue weighted by atomic mass is 16.4. The molecular formula is C38H63N9O14. The summed E-state index contributed by atoms with van der Waals surface area (Å²) in [4.78, 5) is 131. The summed E-state index contributed by atoms with van der Waals surface area (Å²) in [6.07, 6.45) is -1.47. The summed E-state index contributed by atoms with van der Waals surface area (Å²) in [5.41, 5.74) is 10.6. The molecule has 0 saturated carbocycles. The second-order valence-electron chi connectivity index (χ2n) is 16.0. The minimum atomic E-state index is -1.76. The Labute approximate surface area is 353 Å². The number of hydrogen-bond donors (Lipinski definition) is 11. The molecule has 2 rings (SSSR count). The van der Waals surface area contributed by atoms with E-state index < -0.39 is 133 Å². The van der Waals surface area contributed by atoms with Gasteiger partial charge in [0.25, 0.3) is 0 Å². The second kappa shape index (κ2) is 24.1. The molecule has 61 heavy (non-hydrogen) atoms. The molecule has 2 fully saturated rings. The average molecular weight is 870 g/mol. The standard InChI is InChI=1S/C38H63N9O14/c1-6-19(4)29(35(57)43-24(15-18(2)3)36(58)46-13-7-9-25(46)33(55)41-22(38(60)61)11-12-27(40)50)44-34(56)26-10-8-14-47(26)37(59)30(20(5)49)45-32(54)23(16-28(51)52)42-31(53)21(39)17-48/h18-26,29-30,48-49H,6-17,39H2,1-5H3,(H2,40,50)(H,41,55)(H,42,53)(H,43,57)(H,44,56)(H,45,54)(H,51,52)(H,60,61)/t19-,20+,21-,22-,23-,24-,25-,26-,29-,30-/m0/s1. The number of primary amides is 1. The Morgan fingerprint density at radius 3 is 1.72 bits per heavy atom. The summed E-state index contributed by atoms with van der Waals surface area (Å²) >= 11 is 0. The van der Waals surface area contributed by atoms with Gasteiger partial charge in [0.05, 0.1) is 19.1 Å². The first-order chi connectivity index (χ1) is 28.5. The summed E-state index contributed by atoms with van der Waals surface area (Å²) in [5, 5.41) is 50.8. The SMILES string of the molecule is CC[C@H](C)[C@H](NC(=O)[C@@H]1CCCN1C(=O)[C@@H](NC(=O)[C@H](CC(=O)O)NC(=O)[C@@H](N)CO)[C@@H](C)O)C(=O)N[C@@H](CC(C)C)C(=O)N1CCC[C@H]1C(=O)N[C@@H](CCC(N)=O)C(=O)O. The zero-order valence-electron chi connectivity index (χ0n) is 35.3. The third kappa shape index (κ3) is 15.2. The maximum Gasteiger partial charge on any atom is 0.326 e. The molecule has 13 N–H and O–H groups in total. The molecule has 2 heterocycles. The average Bonchev–Trinajstić information content (AvgIpc) is 3.89. The Kier molecular flexibility index (Phi) is 20.5. The number of aliphatic hydroxyl groups excluding tert-OH is 2. The lowest BCUT2D eigenvalue weighted by atomic mass is 9.96. The summed E-state index contributed by atoms with van der Waals surface area (Å²) in [6.45, 7) is 7.60. The molecule has 0 radical (unpaired) electrons. The highest BCUT2D eigenvalue weighted by Gasteiger charge is 2.43. The number of nitrogens with one attached hydrogen (secondary N) is 5. The Morgan fingerprint density at radius 1 is 0.705 bits per heavy atom. The topological polar surface area (TPSA) is 370 Å². The maximum atomic E-state index is 14.1. The van der Waals surface area contributed by atoms with E-state index in [4.69, 9.17) is 11.5 Å². The van der Waals surface area contributed by atoms with Gasteiger partial charge < -0.3 is 68.3 Å². The van der Waals surface area contributed by atoms with Crippen molar-refractivity contribution in [3.8, 4) is 0 Å². The number of carbonyl (C=O) groups excluding carboxylic acids is 8. The van der Waals surface area contributed by atoms with Gasteiger partial charge in [-0.3, -0.25) is 43.2 Å². The number of amides is 8. The van der Waals surface area contributed by atoms with Gasteiger partial charge in [-0.15, -0.1) is 0 Å². The number of hydrogen-bond acceptors (Lipinski definition) is 13. The molecule has 0 spiro atoms. The van der Waals surface area contributed by atoms with E-state index in [-0.39, 0.29) is 51.1 Å². The van der Waals surface area contributed by atoms with Gasteiger partial charge in [-0.2, -0.15) is 0 Å². The Hall–Kier alpha value is -5.42. The van der Waals surface area contributed by atoms with Crippen molar-refractivity contribution in [2.75, 3.05) is 19.7 Å². The minimum Gasteiger partial charge on any atom is -0.481 e. The lowest BCUT2D eigenvalue weighted by Crippen LogP contribution is -2.62. The number of nitrogens with zero attached hydrogens (tertiary/aromatic N) is 2. The highest BCUT2D eigenvalue weighted by Crippen LogP contribution is 2.23. The number of carboxylic acids is 2. The van der Waals surface area contributed by atoms with Gasteiger partial charge in [-0.05, 0) is 57.3 Å². The van der Waals surface area contributed by atoms with E-state index in [2.05, 4.69) is 26.6 Å². The predicted molar refractivity (Wildman–Crippen MR) is 213 cm³/mol. The van der Waals surface area contributed by atoms with Gasteiger partial charge in [0.2, 0.25) is 47.3 Å². The van der Waals surface area contributed by atoms with Crippen LogP contribution in [-0.4, -0.2) is 164 Å². The molecule has 344 valence electrons. The number of rotatable bonds is 24. The molecule has 2 aliphatic rings. The maximum absolute atomic E-state index is 14.1. The van der Waals surface area contributed by atoms with Gasteiger partial charge >= 0.3 is 11.9 Å². The van der Waals surface area contributed by atoms with Crippen LogP contribution < -0.4 is 38.1 Å². The van der Waals surface area contributed by atoms with Crippen LogP contribution in [0.3, 0.4) is 0 Å². The van der Waals surface area contributed by atoms with Crippen LogP contribution in [0.1, 0.15) is 92.4 Å². The van der Waals surface area contributed by atoms with Crippen molar-refractivity contribution in [2.24, 2.45) is 23.3 Å². The summed E-state index contributed by atoms with van der Waals surface area (Å²) in [6, 6.07) is -11.0. The van der Waals surface area contributed by atoms with Crippen molar-refractivity contribution in [1.29, 1.82) is 0 Å².